The molecule has 0 heterocycles. The molecule has 0 spiro atoms. The zero-order valence-corrected chi connectivity index (χ0v) is 10.7. The van der Waals surface area contributed by atoms with Crippen molar-refractivity contribution in [2.24, 2.45) is 0 Å². The van der Waals surface area contributed by atoms with Gasteiger partial charge in [-0.15, -0.1) is 0 Å². The van der Waals surface area contributed by atoms with Gasteiger partial charge in [0, 0.05) is 5.69 Å². The number of aliphatic hydroxyl groups is 1. The maximum Gasteiger partial charge on any atom is 0.250 e. The Morgan fingerprint density at radius 1 is 1.33 bits per heavy atom. The topological polar surface area (TPSA) is 67.8 Å². The van der Waals surface area contributed by atoms with Crippen LogP contribution in [0.15, 0.2) is 24.3 Å². The molecule has 0 fully saturated rings. The lowest BCUT2D eigenvalue weighted by Gasteiger charge is -2.10. The Balaban J connectivity index is 2.40. The molecule has 0 aliphatic carbocycles. The fourth-order valence-electron chi connectivity index (χ4n) is 1.32. The summed E-state index contributed by atoms with van der Waals surface area (Å²) >= 11 is 0. The van der Waals surface area contributed by atoms with Crippen LogP contribution in [0.5, 0.6) is 5.75 Å². The van der Waals surface area contributed by atoms with Gasteiger partial charge in [0.1, 0.15) is 12.4 Å². The minimum atomic E-state index is -0.249. The fourth-order valence-corrected chi connectivity index (χ4v) is 1.32. The molecule has 0 saturated carbocycles. The van der Waals surface area contributed by atoms with Crippen molar-refractivity contribution in [1.29, 1.82) is 0 Å². The van der Waals surface area contributed by atoms with E-state index in [-0.39, 0.29) is 31.8 Å². The monoisotopic (exact) mass is 253 g/mol. The molecule has 0 atom stereocenters. The number of amides is 1. The number of aliphatic hydroxyl groups excluding tert-OH is 1. The number of nitrogens with one attached hydrogen (secondary N) is 1. The highest BCUT2D eigenvalue weighted by Crippen LogP contribution is 2.16. The van der Waals surface area contributed by atoms with Crippen molar-refractivity contribution < 1.29 is 19.4 Å². The van der Waals surface area contributed by atoms with Crippen molar-refractivity contribution in [3.05, 3.63) is 24.3 Å². The van der Waals surface area contributed by atoms with Crippen LogP contribution in [0.4, 0.5) is 5.69 Å². The molecule has 0 aliphatic rings. The molecular weight excluding hydrogens is 234 g/mol. The van der Waals surface area contributed by atoms with Crippen LogP contribution in [0.1, 0.15) is 13.8 Å². The van der Waals surface area contributed by atoms with Crippen molar-refractivity contribution in [1.82, 2.24) is 0 Å². The fraction of sp³-hybridized carbons (Fsp3) is 0.462. The number of carbonyl (C=O) groups excluding carboxylic acids is 1. The molecule has 0 aliphatic heterocycles. The third-order valence-electron chi connectivity index (χ3n) is 1.98. The van der Waals surface area contributed by atoms with Gasteiger partial charge < -0.3 is 19.9 Å². The molecule has 0 bridgehead atoms. The van der Waals surface area contributed by atoms with E-state index in [0.717, 1.165) is 5.75 Å². The zero-order valence-electron chi connectivity index (χ0n) is 10.7. The van der Waals surface area contributed by atoms with Crippen molar-refractivity contribution in [2.45, 2.75) is 20.0 Å². The van der Waals surface area contributed by atoms with Crippen molar-refractivity contribution >= 4 is 11.6 Å². The first-order valence-corrected chi connectivity index (χ1v) is 5.87. The lowest BCUT2D eigenvalue weighted by Crippen LogP contribution is -2.19. The number of carbonyl (C=O) groups is 1. The molecule has 0 radical (unpaired) electrons. The third kappa shape index (κ3) is 5.65. The smallest absolute Gasteiger partial charge is 0.250 e. The van der Waals surface area contributed by atoms with Gasteiger partial charge in [0.05, 0.1) is 19.3 Å². The Bertz CT molecular complexity index is 362. The summed E-state index contributed by atoms with van der Waals surface area (Å²) in [5.74, 6) is 0.514. The zero-order chi connectivity index (χ0) is 13.4. The summed E-state index contributed by atoms with van der Waals surface area (Å²) in [5, 5.41) is 11.2. The van der Waals surface area contributed by atoms with E-state index in [1.54, 1.807) is 24.3 Å². The molecule has 1 aromatic rings. The van der Waals surface area contributed by atoms with Crippen molar-refractivity contribution in [2.75, 3.05) is 25.1 Å². The summed E-state index contributed by atoms with van der Waals surface area (Å²) in [6.45, 7) is 3.91. The summed E-state index contributed by atoms with van der Waals surface area (Å²) in [7, 11) is 0. The average Bonchev–Trinajstić information content (AvgIpc) is 2.31. The molecule has 100 valence electrons. The number of rotatable bonds is 7. The van der Waals surface area contributed by atoms with E-state index in [2.05, 4.69) is 5.32 Å². The SMILES string of the molecule is CC(C)Oc1ccc(NC(=O)COCCO)cc1. The molecular formula is C13H19NO4. The van der Waals surface area contributed by atoms with Gasteiger partial charge in [0.2, 0.25) is 5.91 Å². The van der Waals surface area contributed by atoms with Crippen LogP contribution in [0.3, 0.4) is 0 Å². The van der Waals surface area contributed by atoms with Crippen molar-refractivity contribution in [3.8, 4) is 5.75 Å². The lowest BCUT2D eigenvalue weighted by molar-refractivity contribution is -0.120. The van der Waals surface area contributed by atoms with Gasteiger partial charge in [-0.2, -0.15) is 0 Å². The predicted molar refractivity (Wildman–Crippen MR) is 68.7 cm³/mol. The maximum absolute atomic E-state index is 11.4. The summed E-state index contributed by atoms with van der Waals surface area (Å²) in [6, 6.07) is 7.12. The maximum atomic E-state index is 11.4. The Morgan fingerprint density at radius 3 is 2.56 bits per heavy atom. The summed E-state index contributed by atoms with van der Waals surface area (Å²) in [5.41, 5.74) is 0.684. The molecule has 18 heavy (non-hydrogen) atoms. The standard InChI is InChI=1S/C13H19NO4/c1-10(2)18-12-5-3-11(4-6-12)14-13(16)9-17-8-7-15/h3-6,10,15H,7-9H2,1-2H3,(H,14,16). The van der Waals surface area contributed by atoms with Crippen LogP contribution in [0.2, 0.25) is 0 Å². The quantitative estimate of drug-likeness (QED) is 0.721. The van der Waals surface area contributed by atoms with Crippen molar-refractivity contribution in [3.63, 3.8) is 0 Å². The molecule has 1 aromatic carbocycles. The summed E-state index contributed by atoms with van der Waals surface area (Å²) in [4.78, 5) is 11.4. The van der Waals surface area contributed by atoms with Gasteiger partial charge in [-0.25, -0.2) is 0 Å². The van der Waals surface area contributed by atoms with Crippen LogP contribution in [0.25, 0.3) is 0 Å². The van der Waals surface area contributed by atoms with E-state index in [4.69, 9.17) is 14.6 Å². The molecule has 1 rings (SSSR count). The van der Waals surface area contributed by atoms with E-state index in [1.165, 1.54) is 0 Å². The highest BCUT2D eigenvalue weighted by molar-refractivity contribution is 5.91. The number of benzene rings is 1. The Hall–Kier alpha value is -1.59. The first-order valence-electron chi connectivity index (χ1n) is 5.87. The lowest BCUT2D eigenvalue weighted by atomic mass is 10.3. The molecule has 2 N–H and O–H groups in total. The van der Waals surface area contributed by atoms with Crippen LogP contribution in [-0.2, 0) is 9.53 Å². The minimum Gasteiger partial charge on any atom is -0.491 e. The summed E-state index contributed by atoms with van der Waals surface area (Å²) in [6.07, 6.45) is 0.123. The number of ether oxygens (including phenoxy) is 2. The number of hydrogen-bond donors (Lipinski definition) is 2. The van der Waals surface area contributed by atoms with Gasteiger partial charge in [-0.1, -0.05) is 0 Å². The second kappa shape index (κ2) is 7.68. The number of anilines is 1. The van der Waals surface area contributed by atoms with Gasteiger partial charge >= 0.3 is 0 Å². The third-order valence-corrected chi connectivity index (χ3v) is 1.98. The largest absolute Gasteiger partial charge is 0.491 e. The van der Waals surface area contributed by atoms with E-state index in [1.807, 2.05) is 13.8 Å². The Labute approximate surface area is 107 Å². The molecule has 5 nitrogen and oxygen atoms in total. The Kier molecular flexibility index (Phi) is 6.18. The average molecular weight is 253 g/mol. The van der Waals surface area contributed by atoms with Gasteiger partial charge in [0.25, 0.3) is 0 Å². The van der Waals surface area contributed by atoms with Crippen LogP contribution in [-0.4, -0.2) is 36.9 Å². The Morgan fingerprint density at radius 2 is 2.00 bits per heavy atom. The van der Waals surface area contributed by atoms with Crippen LogP contribution < -0.4 is 10.1 Å². The summed E-state index contributed by atoms with van der Waals surface area (Å²) < 4.78 is 10.4. The van der Waals surface area contributed by atoms with E-state index in [9.17, 15) is 4.79 Å². The normalized spacial score (nSPS) is 10.4. The number of hydrogen-bond acceptors (Lipinski definition) is 4. The first kappa shape index (κ1) is 14.5. The van der Waals surface area contributed by atoms with Gasteiger partial charge in [0.15, 0.2) is 0 Å². The predicted octanol–water partition coefficient (Wildman–Crippen LogP) is 1.42. The molecule has 0 aromatic heterocycles. The van der Waals surface area contributed by atoms with Gasteiger partial charge in [-0.3, -0.25) is 4.79 Å². The highest BCUT2D eigenvalue weighted by Gasteiger charge is 2.03. The van der Waals surface area contributed by atoms with Crippen LogP contribution >= 0.6 is 0 Å². The molecule has 5 heteroatoms. The van der Waals surface area contributed by atoms with Gasteiger partial charge in [-0.05, 0) is 38.1 Å². The van der Waals surface area contributed by atoms with E-state index in [0.29, 0.717) is 5.69 Å². The minimum absolute atomic E-state index is 0.0647. The highest BCUT2D eigenvalue weighted by atomic mass is 16.5. The van der Waals surface area contributed by atoms with E-state index >= 15 is 0 Å². The second-order valence-electron chi connectivity index (χ2n) is 4.02. The molecule has 1 amide bonds. The van der Waals surface area contributed by atoms with E-state index < -0.39 is 0 Å². The first-order chi connectivity index (χ1) is 8.61. The molecule has 0 unspecified atom stereocenters. The van der Waals surface area contributed by atoms with Crippen LogP contribution in [0, 0.1) is 0 Å². The molecule has 0 saturated heterocycles. The second-order valence-corrected chi connectivity index (χ2v) is 4.02.